The molecule has 0 aliphatic heterocycles. The first-order chi connectivity index (χ1) is 12.4. The van der Waals surface area contributed by atoms with Crippen LogP contribution in [0.5, 0.6) is 0 Å². The van der Waals surface area contributed by atoms with Crippen LogP contribution >= 0.6 is 0 Å². The number of aromatic nitrogens is 1. The Morgan fingerprint density at radius 3 is 2.77 bits per heavy atom. The summed E-state index contributed by atoms with van der Waals surface area (Å²) in [5, 5.41) is 1.07. The Morgan fingerprint density at radius 2 is 1.96 bits per heavy atom. The van der Waals surface area contributed by atoms with Crippen molar-refractivity contribution in [2.75, 3.05) is 6.54 Å². The Labute approximate surface area is 148 Å². The van der Waals surface area contributed by atoms with Gasteiger partial charge in [-0.2, -0.15) is 13.1 Å². The largest absolute Gasteiger partial charge is 0.361 e. The maximum absolute atomic E-state index is 13.6. The molecule has 0 radical (unpaired) electrons. The van der Waals surface area contributed by atoms with Gasteiger partial charge in [-0.3, -0.25) is 10.7 Å². The second kappa shape index (κ2) is 7.12. The molecule has 136 valence electrons. The van der Waals surface area contributed by atoms with Crippen LogP contribution in [0.3, 0.4) is 0 Å². The molecular weight excluding hydrogens is 362 g/mol. The molecule has 0 fully saturated rings. The first-order valence-corrected chi connectivity index (χ1v) is 9.24. The minimum Gasteiger partial charge on any atom is -0.361 e. The van der Waals surface area contributed by atoms with E-state index in [9.17, 15) is 17.2 Å². The number of benzene rings is 2. The van der Waals surface area contributed by atoms with E-state index in [4.69, 9.17) is 5.73 Å². The van der Waals surface area contributed by atoms with E-state index >= 15 is 0 Å². The molecule has 26 heavy (non-hydrogen) atoms. The first kappa shape index (κ1) is 17.9. The molecule has 1 aromatic heterocycles. The Morgan fingerprint density at radius 1 is 1.19 bits per heavy atom. The molecule has 0 atom stereocenters. The summed E-state index contributed by atoms with van der Waals surface area (Å²) in [5.74, 6) is -2.20. The van der Waals surface area contributed by atoms with Crippen LogP contribution in [0.1, 0.15) is 5.56 Å². The number of aromatic amines is 1. The van der Waals surface area contributed by atoms with Crippen molar-refractivity contribution in [1.82, 2.24) is 9.71 Å². The van der Waals surface area contributed by atoms with Crippen LogP contribution in [-0.2, 0) is 16.4 Å². The Balaban J connectivity index is 1.69. The number of halogens is 2. The Hall–Kier alpha value is -2.94. The smallest absolute Gasteiger partial charge is 0.356 e. The summed E-state index contributed by atoms with van der Waals surface area (Å²) in [6, 6.07) is 9.95. The molecule has 0 saturated carbocycles. The van der Waals surface area contributed by atoms with Gasteiger partial charge in [-0.15, -0.1) is 0 Å². The predicted molar refractivity (Wildman–Crippen MR) is 93.7 cm³/mol. The van der Waals surface area contributed by atoms with Gasteiger partial charge in [0, 0.05) is 23.5 Å². The average molecular weight is 379 g/mol. The van der Waals surface area contributed by atoms with Gasteiger partial charge in [0.2, 0.25) is 0 Å². The van der Waals surface area contributed by atoms with Gasteiger partial charge in [0.05, 0.1) is 6.54 Å². The highest BCUT2D eigenvalue weighted by Gasteiger charge is 2.24. The van der Waals surface area contributed by atoms with Crippen LogP contribution in [0.25, 0.3) is 10.9 Å². The van der Waals surface area contributed by atoms with Gasteiger partial charge in [-0.25, -0.2) is 8.78 Å². The number of fused-ring (bicyclic) bond motifs is 1. The third-order valence-electron chi connectivity index (χ3n) is 3.81. The van der Waals surface area contributed by atoms with Gasteiger partial charge >= 0.3 is 16.0 Å². The van der Waals surface area contributed by atoms with Crippen LogP contribution in [0, 0.1) is 11.6 Å². The number of hydrogen-bond donors (Lipinski definition) is 4. The summed E-state index contributed by atoms with van der Waals surface area (Å²) >= 11 is 0. The monoisotopic (exact) mass is 379 g/mol. The topological polar surface area (TPSA) is 102 Å². The van der Waals surface area contributed by atoms with Crippen molar-refractivity contribution in [3.8, 4) is 0 Å². The van der Waals surface area contributed by atoms with Gasteiger partial charge in [0.15, 0.2) is 0 Å². The molecule has 0 amide bonds. The van der Waals surface area contributed by atoms with Crippen molar-refractivity contribution in [2.45, 2.75) is 11.3 Å². The summed E-state index contributed by atoms with van der Waals surface area (Å²) in [5.41, 5.74) is 7.67. The standard InChI is InChI=1S/C17H16F2N4O2S/c18-12-5-6-14(19)16(9-12)26(24,25)23-17(20)21-8-7-11-10-22-15-4-2-1-3-13(11)15/h1-6,9-10,22H,7-8H2,(H3,20,21,23)/p+1. The zero-order valence-electron chi connectivity index (χ0n) is 13.6. The highest BCUT2D eigenvalue weighted by molar-refractivity contribution is 7.90. The van der Waals surface area contributed by atoms with Crippen molar-refractivity contribution in [3.63, 3.8) is 0 Å². The highest BCUT2D eigenvalue weighted by Crippen LogP contribution is 2.17. The predicted octanol–water partition coefficient (Wildman–Crippen LogP) is 0.362. The molecule has 0 aliphatic rings. The molecule has 0 spiro atoms. The average Bonchev–Trinajstić information content (AvgIpc) is 3.00. The van der Waals surface area contributed by atoms with Gasteiger partial charge in [0.1, 0.15) is 16.5 Å². The maximum atomic E-state index is 13.6. The molecule has 1 heterocycles. The molecule has 6 nitrogen and oxygen atoms in total. The summed E-state index contributed by atoms with van der Waals surface area (Å²) in [6.45, 7) is 0.349. The van der Waals surface area contributed by atoms with E-state index in [1.807, 2.05) is 35.2 Å². The summed E-state index contributed by atoms with van der Waals surface area (Å²) in [7, 11) is -4.33. The number of H-pyrrole nitrogens is 1. The molecule has 0 aliphatic carbocycles. The lowest BCUT2D eigenvalue weighted by molar-refractivity contribution is -0.458. The number of sulfonamides is 1. The van der Waals surface area contributed by atoms with Crippen LogP contribution in [0.2, 0.25) is 0 Å². The maximum Gasteiger partial charge on any atom is 0.356 e. The van der Waals surface area contributed by atoms with Crippen LogP contribution in [0.15, 0.2) is 53.6 Å². The van der Waals surface area contributed by atoms with Gasteiger partial charge in [-0.05, 0) is 29.8 Å². The second-order valence-corrected chi connectivity index (χ2v) is 7.28. The number of para-hydroxylation sites is 1. The molecule has 0 unspecified atom stereocenters. The SMILES string of the molecule is NC(NS(=O)(=O)c1cc(F)ccc1F)=[NH+]CCc1c[nH]c2ccccc12. The summed E-state index contributed by atoms with van der Waals surface area (Å²) in [6.07, 6.45) is 2.45. The second-order valence-electron chi connectivity index (χ2n) is 5.63. The van der Waals surface area contributed by atoms with E-state index in [1.54, 1.807) is 0 Å². The molecule has 2 aromatic carbocycles. The number of nitrogens with one attached hydrogen (secondary N) is 3. The summed E-state index contributed by atoms with van der Waals surface area (Å²) < 4.78 is 53.1. The molecule has 0 bridgehead atoms. The number of guanidine groups is 1. The fourth-order valence-corrected chi connectivity index (χ4v) is 3.65. The minimum atomic E-state index is -4.33. The van der Waals surface area contributed by atoms with Gasteiger partial charge < -0.3 is 4.98 Å². The molecule has 0 saturated heterocycles. The van der Waals surface area contributed by atoms with E-state index in [1.165, 1.54) is 0 Å². The Kier molecular flexibility index (Phi) is 4.90. The normalized spacial score (nSPS) is 12.5. The fraction of sp³-hybridized carbons (Fsp3) is 0.118. The lowest BCUT2D eigenvalue weighted by Gasteiger charge is -2.04. The summed E-state index contributed by atoms with van der Waals surface area (Å²) in [4.78, 5) is 5.06. The van der Waals surface area contributed by atoms with Crippen LogP contribution in [-0.4, -0.2) is 25.9 Å². The van der Waals surface area contributed by atoms with E-state index in [0.29, 0.717) is 19.0 Å². The number of nitrogens with two attached hydrogens (primary N) is 1. The third kappa shape index (κ3) is 3.83. The van der Waals surface area contributed by atoms with Crippen LogP contribution < -0.4 is 15.4 Å². The third-order valence-corrected chi connectivity index (χ3v) is 5.19. The van der Waals surface area contributed by atoms with Gasteiger partial charge in [-0.1, -0.05) is 18.2 Å². The van der Waals surface area contributed by atoms with Gasteiger partial charge in [0.25, 0.3) is 0 Å². The quantitative estimate of drug-likeness (QED) is 0.380. The number of rotatable bonds is 5. The zero-order chi connectivity index (χ0) is 18.7. The van der Waals surface area contributed by atoms with E-state index in [2.05, 4.69) is 9.98 Å². The fourth-order valence-electron chi connectivity index (χ4n) is 2.59. The molecule has 9 heteroatoms. The molecule has 5 N–H and O–H groups in total. The van der Waals surface area contributed by atoms with E-state index < -0.39 is 26.6 Å². The van der Waals surface area contributed by atoms with Crippen LogP contribution in [0.4, 0.5) is 8.78 Å². The lowest BCUT2D eigenvalue weighted by atomic mass is 10.1. The van der Waals surface area contributed by atoms with Crippen molar-refractivity contribution < 1.29 is 22.2 Å². The van der Waals surface area contributed by atoms with E-state index in [0.717, 1.165) is 28.6 Å². The molecule has 3 rings (SSSR count). The highest BCUT2D eigenvalue weighted by atomic mass is 32.2. The van der Waals surface area contributed by atoms with Crippen molar-refractivity contribution in [2.24, 2.45) is 5.73 Å². The van der Waals surface area contributed by atoms with E-state index in [-0.39, 0.29) is 5.96 Å². The molecule has 3 aromatic rings. The lowest BCUT2D eigenvalue weighted by Crippen LogP contribution is -2.79. The Bertz CT molecular complexity index is 1080. The number of hydrogen-bond acceptors (Lipinski definition) is 2. The van der Waals surface area contributed by atoms with Crippen molar-refractivity contribution >= 4 is 26.9 Å². The molecular formula is C17H17F2N4O2S+. The van der Waals surface area contributed by atoms with Crippen molar-refractivity contribution in [3.05, 3.63) is 65.9 Å². The first-order valence-electron chi connectivity index (χ1n) is 7.76. The van der Waals surface area contributed by atoms with Crippen molar-refractivity contribution in [1.29, 1.82) is 0 Å². The zero-order valence-corrected chi connectivity index (χ0v) is 14.4. The minimum absolute atomic E-state index is 0.270.